The van der Waals surface area contributed by atoms with E-state index in [1.807, 2.05) is 18.2 Å². The van der Waals surface area contributed by atoms with Crippen LogP contribution in [0.25, 0.3) is 0 Å². The largest absolute Gasteiger partial charge is 0.462 e. The minimum Gasteiger partial charge on any atom is -0.462 e. The number of hydrogen-bond donors (Lipinski definition) is 0. The molecule has 0 spiro atoms. The summed E-state index contributed by atoms with van der Waals surface area (Å²) >= 11 is 12.0. The van der Waals surface area contributed by atoms with Crippen LogP contribution in [0.3, 0.4) is 0 Å². The van der Waals surface area contributed by atoms with Gasteiger partial charge in [-0.05, 0) is 24.1 Å². The number of ether oxygens (including phenoxy) is 2. The molecule has 0 aromatic heterocycles. The molecule has 0 amide bonds. The van der Waals surface area contributed by atoms with Crippen molar-refractivity contribution in [2.45, 2.75) is 45.0 Å². The lowest BCUT2D eigenvalue weighted by Crippen LogP contribution is -2.45. The summed E-state index contributed by atoms with van der Waals surface area (Å²) in [5.74, 6) is 0.947. The molecule has 1 aromatic rings. The van der Waals surface area contributed by atoms with Crippen LogP contribution in [-0.2, 0) is 11.3 Å². The van der Waals surface area contributed by atoms with Gasteiger partial charge in [0.1, 0.15) is 5.75 Å². The highest BCUT2D eigenvalue weighted by Gasteiger charge is 2.42. The van der Waals surface area contributed by atoms with E-state index >= 15 is 0 Å². The van der Waals surface area contributed by atoms with Gasteiger partial charge in [-0.25, -0.2) is 0 Å². The summed E-state index contributed by atoms with van der Waals surface area (Å²) in [7, 11) is -1.45. The molecule has 5 heteroatoms. The maximum atomic E-state index is 6.14. The number of fused-ring (bicyclic) bond motifs is 1. The van der Waals surface area contributed by atoms with Gasteiger partial charge < -0.3 is 9.47 Å². The van der Waals surface area contributed by atoms with Gasteiger partial charge in [0, 0.05) is 18.4 Å². The Morgan fingerprint density at radius 3 is 2.68 bits per heavy atom. The predicted molar refractivity (Wildman–Crippen MR) is 79.3 cm³/mol. The van der Waals surface area contributed by atoms with E-state index in [4.69, 9.17) is 31.6 Å². The highest BCUT2D eigenvalue weighted by molar-refractivity contribution is 7.39. The zero-order valence-corrected chi connectivity index (χ0v) is 13.4. The van der Waals surface area contributed by atoms with E-state index < -0.39 is 13.2 Å². The Hall–Kier alpha value is -0.223. The molecule has 2 aliphatic rings. The number of hydrogen-bond acceptors (Lipinski definition) is 2. The van der Waals surface area contributed by atoms with Gasteiger partial charge in [0.15, 0.2) is 0 Å². The zero-order chi connectivity index (χ0) is 13.5. The monoisotopic (exact) mass is 315 g/mol. The summed E-state index contributed by atoms with van der Waals surface area (Å²) in [6, 6.07) is 5.96. The Kier molecular flexibility index (Phi) is 3.82. The molecule has 1 unspecified atom stereocenters. The van der Waals surface area contributed by atoms with Gasteiger partial charge >= 0.3 is 7.42 Å². The molecule has 0 saturated heterocycles. The summed E-state index contributed by atoms with van der Waals surface area (Å²) in [5, 5.41) is 0.990. The minimum atomic E-state index is -1.45. The molecular formula is C14H17Cl2O2Si. The first-order valence-corrected chi connectivity index (χ1v) is 10.2. The predicted octanol–water partition coefficient (Wildman–Crippen LogP) is 3.67. The summed E-state index contributed by atoms with van der Waals surface area (Å²) in [6.07, 6.45) is 4.95. The molecule has 1 aliphatic heterocycles. The molecule has 0 N–H and O–H groups in total. The molecule has 1 atom stereocenters. The molecule has 3 rings (SSSR count). The second-order valence-electron chi connectivity index (χ2n) is 5.47. The van der Waals surface area contributed by atoms with Crippen LogP contribution in [0.1, 0.15) is 38.2 Å². The Balaban J connectivity index is 1.84. The highest BCUT2D eigenvalue weighted by atomic mass is 35.7. The smallest absolute Gasteiger partial charge is 0.307 e. The van der Waals surface area contributed by atoms with Crippen LogP contribution in [0.4, 0.5) is 0 Å². The number of rotatable bonds is 2. The van der Waals surface area contributed by atoms with Crippen LogP contribution in [0.2, 0.25) is 0 Å². The van der Waals surface area contributed by atoms with Crippen molar-refractivity contribution in [2.24, 2.45) is 5.92 Å². The van der Waals surface area contributed by atoms with Crippen molar-refractivity contribution in [3.8, 4) is 5.75 Å². The molecule has 19 heavy (non-hydrogen) atoms. The van der Waals surface area contributed by atoms with Gasteiger partial charge in [-0.2, -0.15) is 0 Å². The minimum absolute atomic E-state index is 0.471. The molecule has 1 aliphatic carbocycles. The van der Waals surface area contributed by atoms with E-state index in [2.05, 4.69) is 6.92 Å². The molecule has 1 saturated carbocycles. The average Bonchev–Trinajstić information content (AvgIpc) is 2.92. The van der Waals surface area contributed by atoms with Gasteiger partial charge in [-0.1, -0.05) is 25.0 Å². The van der Waals surface area contributed by atoms with Crippen LogP contribution in [0, 0.1) is 5.92 Å². The Morgan fingerprint density at radius 2 is 2.00 bits per heavy atom. The van der Waals surface area contributed by atoms with Crippen molar-refractivity contribution < 1.29 is 9.47 Å². The van der Waals surface area contributed by atoms with Crippen molar-refractivity contribution in [1.29, 1.82) is 0 Å². The Morgan fingerprint density at radius 1 is 1.26 bits per heavy atom. The van der Waals surface area contributed by atoms with E-state index in [-0.39, 0.29) is 0 Å². The van der Waals surface area contributed by atoms with Crippen LogP contribution in [0.15, 0.2) is 18.2 Å². The fraction of sp³-hybridized carbons (Fsp3) is 0.571. The summed E-state index contributed by atoms with van der Waals surface area (Å²) in [6.45, 7) is 2.65. The van der Waals surface area contributed by atoms with Gasteiger partial charge in [0.2, 0.25) is 5.79 Å². The normalized spacial score (nSPS) is 27.4. The first-order valence-electron chi connectivity index (χ1n) is 6.73. The fourth-order valence-electron chi connectivity index (χ4n) is 3.03. The van der Waals surface area contributed by atoms with Crippen LogP contribution in [0.5, 0.6) is 5.75 Å². The van der Waals surface area contributed by atoms with Crippen molar-refractivity contribution in [3.63, 3.8) is 0 Å². The average molecular weight is 316 g/mol. The maximum Gasteiger partial charge on any atom is 0.307 e. The first-order chi connectivity index (χ1) is 9.08. The first kappa shape index (κ1) is 13.7. The van der Waals surface area contributed by atoms with Gasteiger partial charge in [0.25, 0.3) is 0 Å². The third-order valence-electron chi connectivity index (χ3n) is 4.20. The summed E-state index contributed by atoms with van der Waals surface area (Å²) in [5.41, 5.74) is 1.05. The van der Waals surface area contributed by atoms with Gasteiger partial charge in [0.05, 0.1) is 6.61 Å². The van der Waals surface area contributed by atoms with Crippen LogP contribution in [-0.4, -0.2) is 13.2 Å². The third kappa shape index (κ3) is 2.66. The standard InChI is InChI=1S/C14H17Cl2O2Si/c1-14(11-4-2-3-5-11)17-9-10-8-12(19(15)16)6-7-13(10)18-14/h6-8,11H,2-5,9H2,1H3. The summed E-state index contributed by atoms with van der Waals surface area (Å²) < 4.78 is 12.2. The second-order valence-corrected chi connectivity index (χ2v) is 9.42. The Labute approximate surface area is 125 Å². The molecule has 2 nitrogen and oxygen atoms in total. The van der Waals surface area contributed by atoms with Crippen molar-refractivity contribution in [3.05, 3.63) is 23.8 Å². The second kappa shape index (κ2) is 5.28. The molecule has 103 valence electrons. The van der Waals surface area contributed by atoms with Crippen molar-refractivity contribution in [2.75, 3.05) is 0 Å². The van der Waals surface area contributed by atoms with E-state index in [9.17, 15) is 0 Å². The van der Waals surface area contributed by atoms with E-state index in [1.165, 1.54) is 25.7 Å². The van der Waals surface area contributed by atoms with Crippen LogP contribution < -0.4 is 9.92 Å². The zero-order valence-electron chi connectivity index (χ0n) is 10.9. The van der Waals surface area contributed by atoms with Crippen molar-refractivity contribution >= 4 is 34.8 Å². The highest BCUT2D eigenvalue weighted by Crippen LogP contribution is 2.41. The quantitative estimate of drug-likeness (QED) is 0.612. The van der Waals surface area contributed by atoms with E-state index in [1.54, 1.807) is 0 Å². The number of halogens is 2. The van der Waals surface area contributed by atoms with Gasteiger partial charge in [-0.15, -0.1) is 22.2 Å². The topological polar surface area (TPSA) is 18.5 Å². The molecular weight excluding hydrogens is 299 g/mol. The van der Waals surface area contributed by atoms with Crippen molar-refractivity contribution in [1.82, 2.24) is 0 Å². The molecule has 1 aromatic carbocycles. The lowest BCUT2D eigenvalue weighted by atomic mass is 9.97. The lowest BCUT2D eigenvalue weighted by Gasteiger charge is -2.40. The SMILES string of the molecule is CC1(C2CCCC2)OCc2cc([Si](Cl)Cl)ccc2O1. The Bertz CT molecular complexity index is 475. The molecule has 1 fully saturated rings. The lowest BCUT2D eigenvalue weighted by molar-refractivity contribution is -0.224. The van der Waals surface area contributed by atoms with Gasteiger partial charge in [-0.3, -0.25) is 0 Å². The van der Waals surface area contributed by atoms with E-state index in [0.29, 0.717) is 12.5 Å². The molecule has 0 bridgehead atoms. The number of benzene rings is 1. The maximum absolute atomic E-state index is 6.14. The fourth-order valence-corrected chi connectivity index (χ4v) is 4.23. The third-order valence-corrected chi connectivity index (χ3v) is 6.26. The molecule has 1 heterocycles. The summed E-state index contributed by atoms with van der Waals surface area (Å²) in [4.78, 5) is 0. The van der Waals surface area contributed by atoms with Crippen LogP contribution >= 0.6 is 22.2 Å². The molecule has 1 radical (unpaired) electrons. The van der Waals surface area contributed by atoms with E-state index in [0.717, 1.165) is 16.5 Å².